The Labute approximate surface area is 232 Å². The summed E-state index contributed by atoms with van der Waals surface area (Å²) in [5, 5.41) is 17.8. The van der Waals surface area contributed by atoms with Gasteiger partial charge in [0.05, 0.1) is 0 Å². The number of carbonyl (C=O) groups is 3. The van der Waals surface area contributed by atoms with Crippen LogP contribution in [0.2, 0.25) is 0 Å². The number of aliphatic hydroxyl groups is 1. The minimum atomic E-state index is -2.06. The maximum atomic E-state index is 12.6. The molecule has 7 heteroatoms. The van der Waals surface area contributed by atoms with Gasteiger partial charge in [-0.1, -0.05) is 104 Å². The third-order valence-corrected chi connectivity index (χ3v) is 5.75. The molecule has 0 aromatic heterocycles. The van der Waals surface area contributed by atoms with Gasteiger partial charge in [0.15, 0.2) is 17.0 Å². The van der Waals surface area contributed by atoms with Crippen LogP contribution < -0.4 is 0 Å². The van der Waals surface area contributed by atoms with Crippen molar-refractivity contribution in [1.82, 2.24) is 0 Å². The van der Waals surface area contributed by atoms with Gasteiger partial charge in [-0.15, -0.1) is 0 Å². The first kappa shape index (κ1) is 39.3. The monoisotopic (exact) mass is 544 g/mol. The van der Waals surface area contributed by atoms with Crippen LogP contribution in [0.3, 0.4) is 0 Å². The van der Waals surface area contributed by atoms with Crippen molar-refractivity contribution in [2.45, 2.75) is 131 Å². The van der Waals surface area contributed by atoms with Gasteiger partial charge in [0, 0.05) is 6.10 Å². The molecule has 0 unspecified atom stereocenters. The molecule has 0 aliphatic rings. The second-order valence-corrected chi connectivity index (χ2v) is 10.3. The van der Waals surface area contributed by atoms with E-state index in [1.165, 1.54) is 65.2 Å². The normalized spacial score (nSPS) is 10.7. The number of allylic oxidation sites excluding steroid dienone is 2. The Hall–Kier alpha value is -1.24. The number of carboxylic acid groups (broad SMARTS) is 1. The molecular formula is C29H52O6Ti. The predicted octanol–water partition coefficient (Wildman–Crippen LogP) is 7.34. The van der Waals surface area contributed by atoms with Crippen molar-refractivity contribution in [2.24, 2.45) is 11.3 Å². The fraction of sp³-hybridized carbons (Fsp3) is 0.759. The van der Waals surface area contributed by atoms with E-state index in [2.05, 4.69) is 27.0 Å². The topological polar surface area (TPSA) is 109 Å². The van der Waals surface area contributed by atoms with E-state index < -0.39 is 23.0 Å². The van der Waals surface area contributed by atoms with Crippen molar-refractivity contribution < 1.29 is 48.3 Å². The van der Waals surface area contributed by atoms with E-state index >= 15 is 0 Å². The van der Waals surface area contributed by atoms with Crippen LogP contribution in [0.5, 0.6) is 0 Å². The minimum absolute atomic E-state index is 0.0100. The van der Waals surface area contributed by atoms with E-state index in [1.54, 1.807) is 13.8 Å². The van der Waals surface area contributed by atoms with Crippen LogP contribution in [0, 0.1) is 11.3 Å². The van der Waals surface area contributed by atoms with Crippen molar-refractivity contribution in [1.29, 1.82) is 0 Å². The number of unbranched alkanes of at least 4 members (excludes halogenated alkanes) is 10. The number of Topliss-reactive ketones (excluding diaryl/α,β-unsaturated/α-hetero) is 2. The van der Waals surface area contributed by atoms with Gasteiger partial charge in [0.2, 0.25) is 0 Å². The Morgan fingerprint density at radius 1 is 0.694 bits per heavy atom. The molecule has 0 amide bonds. The van der Waals surface area contributed by atoms with Crippen LogP contribution in [0.25, 0.3) is 0 Å². The molecule has 0 aliphatic carbocycles. The summed E-state index contributed by atoms with van der Waals surface area (Å²) in [5.74, 6) is -1.98. The Morgan fingerprint density at radius 2 is 0.972 bits per heavy atom. The third kappa shape index (κ3) is 19.0. The molecule has 0 saturated heterocycles. The molecule has 6 nitrogen and oxygen atoms in total. The first-order valence-corrected chi connectivity index (χ1v) is 14.0. The number of ketones is 2. The molecule has 0 saturated carbocycles. The summed E-state index contributed by atoms with van der Waals surface area (Å²) in [4.78, 5) is 37.1. The summed E-state index contributed by atoms with van der Waals surface area (Å²) >= 11 is 0.750. The van der Waals surface area contributed by atoms with Crippen molar-refractivity contribution in [2.75, 3.05) is 0 Å². The summed E-state index contributed by atoms with van der Waals surface area (Å²) in [6.07, 6.45) is 13.7. The average Bonchev–Trinajstić information content (AvgIpc) is 2.79. The van der Waals surface area contributed by atoms with Crippen LogP contribution in [0.1, 0.15) is 125 Å². The summed E-state index contributed by atoms with van der Waals surface area (Å²) < 4.78 is 8.25. The van der Waals surface area contributed by atoms with Crippen LogP contribution in [-0.4, -0.2) is 33.9 Å². The summed E-state index contributed by atoms with van der Waals surface area (Å²) in [5.41, 5.74) is -1.87. The summed E-state index contributed by atoms with van der Waals surface area (Å²) in [6, 6.07) is 0. The number of carbonyl (C=O) groups excluding carboxylic acids is 2. The first-order chi connectivity index (χ1) is 16.8. The number of rotatable bonds is 19. The molecule has 0 bridgehead atoms. The molecule has 208 valence electrons. The zero-order valence-corrected chi connectivity index (χ0v) is 25.4. The van der Waals surface area contributed by atoms with Crippen molar-refractivity contribution in [3.8, 4) is 0 Å². The molecule has 0 rings (SSSR count). The van der Waals surface area contributed by atoms with Gasteiger partial charge in [-0.05, 0) is 51.2 Å². The molecule has 0 fully saturated rings. The van der Waals surface area contributed by atoms with Crippen LogP contribution in [0.15, 0.2) is 24.3 Å². The number of aliphatic carboxylic acids is 1. The van der Waals surface area contributed by atoms with Gasteiger partial charge < -0.3 is 10.2 Å². The molecule has 0 heterocycles. The molecule has 0 atom stereocenters. The molecule has 0 aromatic carbocycles. The van der Waals surface area contributed by atoms with E-state index in [4.69, 9.17) is 8.43 Å². The van der Waals surface area contributed by atoms with Gasteiger partial charge in [-0.3, -0.25) is 14.4 Å². The number of aliphatic hydroxyl groups excluding tert-OH is 1. The van der Waals surface area contributed by atoms with E-state index in [9.17, 15) is 19.5 Å². The molecule has 0 spiro atoms. The number of carboxylic acids is 1. The van der Waals surface area contributed by atoms with Crippen molar-refractivity contribution in [3.05, 3.63) is 24.3 Å². The predicted molar refractivity (Wildman–Crippen MR) is 143 cm³/mol. The van der Waals surface area contributed by atoms with Gasteiger partial charge in [-0.25, -0.2) is 0 Å². The van der Waals surface area contributed by atoms with E-state index in [1.807, 2.05) is 0 Å². The van der Waals surface area contributed by atoms with Gasteiger partial charge in [0.1, 0.15) is 0 Å². The fourth-order valence-corrected chi connectivity index (χ4v) is 3.89. The average molecular weight is 545 g/mol. The van der Waals surface area contributed by atoms with E-state index in [0.717, 1.165) is 45.6 Å². The molecule has 2 N–H and O–H groups in total. The van der Waals surface area contributed by atoms with Crippen molar-refractivity contribution in [3.63, 3.8) is 0 Å². The summed E-state index contributed by atoms with van der Waals surface area (Å²) in [7, 11) is 0. The zero-order valence-electron chi connectivity index (χ0n) is 23.8. The second-order valence-electron chi connectivity index (χ2n) is 10.3. The second kappa shape index (κ2) is 24.1. The summed E-state index contributed by atoms with van der Waals surface area (Å²) in [6.45, 7) is 18.0. The van der Waals surface area contributed by atoms with Crippen LogP contribution >= 0.6 is 0 Å². The molecule has 0 aromatic rings. The standard InChI is InChI=1S/C26H44O4.C3H8O.O.Ti/c1-20(2)18-16-14-12-10-8-7-9-11-13-15-17-19-26(25(29)30,23(27)21(3)4)24(28)22(5)6;1-3(2)4;;/h20H,3,5,7-19H2,1-2,4,6H3,(H,29,30);3-4H,1-2H3;;. The molecule has 36 heavy (non-hydrogen) atoms. The van der Waals surface area contributed by atoms with Gasteiger partial charge in [-0.2, -0.15) is 0 Å². The van der Waals surface area contributed by atoms with Crippen molar-refractivity contribution >= 4 is 17.5 Å². The van der Waals surface area contributed by atoms with E-state index in [0.29, 0.717) is 6.42 Å². The van der Waals surface area contributed by atoms with E-state index in [-0.39, 0.29) is 23.7 Å². The van der Waals surface area contributed by atoms with Gasteiger partial charge >= 0.3 is 29.7 Å². The SMILES string of the molecule is C=C(C)C(=O)C(CCCCCCCCCCCCCC(C)C)(C(=O)O)C(=O)C(=C)C.CC(C)O.[O]=[Ti]. The quantitative estimate of drug-likeness (QED) is 0.0762. The Kier molecular flexibility index (Phi) is 26.3. The Balaban J connectivity index is -0.00000164. The zero-order chi connectivity index (χ0) is 28.7. The van der Waals surface area contributed by atoms with Crippen LogP contribution in [0.4, 0.5) is 0 Å². The van der Waals surface area contributed by atoms with Crippen LogP contribution in [-0.2, 0) is 38.1 Å². The number of hydrogen-bond donors (Lipinski definition) is 2. The molecule has 0 aliphatic heterocycles. The van der Waals surface area contributed by atoms with Gasteiger partial charge in [0.25, 0.3) is 0 Å². The number of hydrogen-bond acceptors (Lipinski definition) is 5. The first-order valence-electron chi connectivity index (χ1n) is 13.3. The molecule has 0 radical (unpaired) electrons. The fourth-order valence-electron chi connectivity index (χ4n) is 3.89. The third-order valence-electron chi connectivity index (χ3n) is 5.75. The Bertz CT molecular complexity index is 625. The maximum absolute atomic E-state index is 12.6. The Morgan fingerprint density at radius 3 is 1.22 bits per heavy atom. The molecular weight excluding hydrogens is 492 g/mol.